The Morgan fingerprint density at radius 2 is 1.72 bits per heavy atom. The van der Waals surface area contributed by atoms with Crippen LogP contribution in [0.1, 0.15) is 10.4 Å². The predicted molar refractivity (Wildman–Crippen MR) is 69.5 cm³/mol. The minimum absolute atomic E-state index is 0.104. The first-order valence-corrected chi connectivity index (χ1v) is 5.32. The van der Waals surface area contributed by atoms with Crippen LogP contribution in [0, 0.1) is 0 Å². The maximum Gasteiger partial charge on any atom is 0.413 e. The van der Waals surface area contributed by atoms with E-state index >= 15 is 0 Å². The summed E-state index contributed by atoms with van der Waals surface area (Å²) in [6.07, 6.45) is -0.654. The summed E-state index contributed by atoms with van der Waals surface area (Å²) in [5, 5.41) is 5.16. The van der Waals surface area contributed by atoms with E-state index < -0.39 is 12.1 Å². The summed E-state index contributed by atoms with van der Waals surface area (Å²) in [6, 6.07) is 6.43. The molecule has 2 N–H and O–H groups in total. The number of amides is 1. The first-order chi connectivity index (χ1) is 8.56. The van der Waals surface area contributed by atoms with Crippen molar-refractivity contribution in [1.82, 2.24) is 5.32 Å². The first kappa shape index (κ1) is 13.9. The van der Waals surface area contributed by atoms with Gasteiger partial charge in [-0.15, -0.1) is 0 Å². The molecule has 0 atom stereocenters. The fourth-order valence-corrected chi connectivity index (χ4v) is 1.31. The van der Waals surface area contributed by atoms with Gasteiger partial charge in [0.2, 0.25) is 0 Å². The number of alkyl carbamates (subject to hydrolysis) is 1. The van der Waals surface area contributed by atoms with Crippen molar-refractivity contribution in [2.45, 2.75) is 0 Å². The second-order valence-electron chi connectivity index (χ2n) is 3.14. The number of carbonyl (C=O) groups is 2. The maximum absolute atomic E-state index is 11.2. The molecule has 0 heterocycles. The number of rotatable bonds is 2. The van der Waals surface area contributed by atoms with Crippen LogP contribution in [0.25, 0.3) is 0 Å². The zero-order valence-electron chi connectivity index (χ0n) is 9.85. The number of anilines is 1. The molecule has 0 aromatic heterocycles. The molecule has 0 spiro atoms. The van der Waals surface area contributed by atoms with E-state index in [0.29, 0.717) is 11.3 Å². The predicted octanol–water partition coefficient (Wildman–Crippen LogP) is 1.53. The Bertz CT molecular complexity index is 459. The van der Waals surface area contributed by atoms with Gasteiger partial charge in [0.25, 0.3) is 0 Å². The third kappa shape index (κ3) is 4.02. The number of hydrogen-bond acceptors (Lipinski definition) is 5. The van der Waals surface area contributed by atoms with Crippen LogP contribution in [0.4, 0.5) is 10.5 Å². The third-order valence-corrected chi connectivity index (χ3v) is 2.17. The molecule has 0 aliphatic rings. The van der Waals surface area contributed by atoms with E-state index in [2.05, 4.69) is 20.1 Å². The molecular formula is C11H12N2O4S. The van der Waals surface area contributed by atoms with Crippen LogP contribution in [0.2, 0.25) is 0 Å². The number of benzene rings is 1. The van der Waals surface area contributed by atoms with E-state index in [9.17, 15) is 9.59 Å². The summed E-state index contributed by atoms with van der Waals surface area (Å²) >= 11 is 4.87. The molecular weight excluding hydrogens is 256 g/mol. The van der Waals surface area contributed by atoms with Crippen LogP contribution in [0.15, 0.2) is 24.3 Å². The average Bonchev–Trinajstić information content (AvgIpc) is 2.38. The number of ether oxygens (including phenoxy) is 2. The quantitative estimate of drug-likeness (QED) is 0.625. The Kier molecular flexibility index (Phi) is 5.06. The topological polar surface area (TPSA) is 76.7 Å². The van der Waals surface area contributed by atoms with Crippen molar-refractivity contribution >= 4 is 35.1 Å². The fourth-order valence-electron chi connectivity index (χ4n) is 1.11. The van der Waals surface area contributed by atoms with E-state index in [-0.39, 0.29) is 5.11 Å². The number of methoxy groups -OCH3 is 2. The molecule has 1 aromatic carbocycles. The Morgan fingerprint density at radius 3 is 2.22 bits per heavy atom. The summed E-state index contributed by atoms with van der Waals surface area (Å²) < 4.78 is 8.95. The van der Waals surface area contributed by atoms with Crippen molar-refractivity contribution in [1.29, 1.82) is 0 Å². The Labute approximate surface area is 109 Å². The molecule has 0 saturated carbocycles. The van der Waals surface area contributed by atoms with Crippen LogP contribution in [-0.2, 0) is 9.47 Å². The number of nitrogens with one attached hydrogen (secondary N) is 2. The molecule has 1 aromatic rings. The van der Waals surface area contributed by atoms with Crippen LogP contribution in [0.5, 0.6) is 0 Å². The zero-order chi connectivity index (χ0) is 13.5. The number of esters is 1. The number of carbonyl (C=O) groups excluding carboxylic acids is 2. The molecule has 0 aliphatic heterocycles. The maximum atomic E-state index is 11.2. The van der Waals surface area contributed by atoms with E-state index in [4.69, 9.17) is 12.2 Å². The van der Waals surface area contributed by atoms with Gasteiger partial charge in [0.05, 0.1) is 19.8 Å². The van der Waals surface area contributed by atoms with Crippen molar-refractivity contribution in [3.05, 3.63) is 29.8 Å². The highest BCUT2D eigenvalue weighted by atomic mass is 32.1. The molecule has 0 radical (unpaired) electrons. The first-order valence-electron chi connectivity index (χ1n) is 4.91. The molecule has 0 saturated heterocycles. The third-order valence-electron chi connectivity index (χ3n) is 1.96. The van der Waals surface area contributed by atoms with Gasteiger partial charge in [-0.05, 0) is 36.5 Å². The van der Waals surface area contributed by atoms with Crippen molar-refractivity contribution in [2.75, 3.05) is 19.5 Å². The van der Waals surface area contributed by atoms with Crippen LogP contribution in [-0.4, -0.2) is 31.4 Å². The molecule has 0 unspecified atom stereocenters. The van der Waals surface area contributed by atoms with E-state index in [1.807, 2.05) is 0 Å². The van der Waals surface area contributed by atoms with Gasteiger partial charge in [-0.2, -0.15) is 0 Å². The van der Waals surface area contributed by atoms with E-state index in [0.717, 1.165) is 0 Å². The molecule has 6 nitrogen and oxygen atoms in total. The zero-order valence-corrected chi connectivity index (χ0v) is 10.7. The largest absolute Gasteiger partial charge is 0.465 e. The highest BCUT2D eigenvalue weighted by molar-refractivity contribution is 7.80. The number of thiocarbonyl (C=S) groups is 1. The second-order valence-corrected chi connectivity index (χ2v) is 3.55. The minimum Gasteiger partial charge on any atom is -0.465 e. The number of hydrogen-bond donors (Lipinski definition) is 2. The van der Waals surface area contributed by atoms with Crippen LogP contribution < -0.4 is 10.6 Å². The SMILES string of the molecule is COC(=O)NC(=S)Nc1ccc(C(=O)OC)cc1. The summed E-state index contributed by atoms with van der Waals surface area (Å²) in [6.45, 7) is 0. The summed E-state index contributed by atoms with van der Waals surface area (Å²) in [4.78, 5) is 22.1. The van der Waals surface area contributed by atoms with Gasteiger partial charge < -0.3 is 14.8 Å². The van der Waals surface area contributed by atoms with Crippen LogP contribution in [0.3, 0.4) is 0 Å². The van der Waals surface area contributed by atoms with Crippen molar-refractivity contribution < 1.29 is 19.1 Å². The fraction of sp³-hybridized carbons (Fsp3) is 0.182. The monoisotopic (exact) mass is 268 g/mol. The lowest BCUT2D eigenvalue weighted by atomic mass is 10.2. The molecule has 1 amide bonds. The van der Waals surface area contributed by atoms with Crippen LogP contribution >= 0.6 is 12.2 Å². The van der Waals surface area contributed by atoms with E-state index in [1.54, 1.807) is 24.3 Å². The Balaban J connectivity index is 2.61. The molecule has 0 bridgehead atoms. The lowest BCUT2D eigenvalue weighted by molar-refractivity contribution is 0.0600. The lowest BCUT2D eigenvalue weighted by Crippen LogP contribution is -2.33. The normalized spacial score (nSPS) is 9.22. The molecule has 18 heavy (non-hydrogen) atoms. The van der Waals surface area contributed by atoms with Crippen molar-refractivity contribution in [2.24, 2.45) is 0 Å². The standard InChI is InChI=1S/C11H12N2O4S/c1-16-9(14)7-3-5-8(6-4-7)12-10(18)13-11(15)17-2/h3-6H,1-2H3,(H2,12,13,15,18). The molecule has 0 aliphatic carbocycles. The van der Waals surface area contributed by atoms with Gasteiger partial charge in [-0.25, -0.2) is 9.59 Å². The van der Waals surface area contributed by atoms with Gasteiger partial charge in [0.1, 0.15) is 0 Å². The summed E-state index contributed by atoms with van der Waals surface area (Å²) in [7, 11) is 2.55. The van der Waals surface area contributed by atoms with Crippen molar-refractivity contribution in [3.63, 3.8) is 0 Å². The Hall–Kier alpha value is -2.15. The van der Waals surface area contributed by atoms with Gasteiger partial charge in [0, 0.05) is 5.69 Å². The second kappa shape index (κ2) is 6.55. The van der Waals surface area contributed by atoms with Gasteiger partial charge in [-0.1, -0.05) is 0 Å². The highest BCUT2D eigenvalue weighted by Crippen LogP contribution is 2.10. The van der Waals surface area contributed by atoms with E-state index in [1.165, 1.54) is 14.2 Å². The average molecular weight is 268 g/mol. The van der Waals surface area contributed by atoms with Gasteiger partial charge >= 0.3 is 12.1 Å². The highest BCUT2D eigenvalue weighted by Gasteiger charge is 2.06. The summed E-state index contributed by atoms with van der Waals surface area (Å²) in [5.74, 6) is -0.420. The summed E-state index contributed by atoms with van der Waals surface area (Å²) in [5.41, 5.74) is 1.05. The lowest BCUT2D eigenvalue weighted by Gasteiger charge is -2.08. The minimum atomic E-state index is -0.654. The van der Waals surface area contributed by atoms with Crippen molar-refractivity contribution in [3.8, 4) is 0 Å². The smallest absolute Gasteiger partial charge is 0.413 e. The van der Waals surface area contributed by atoms with Gasteiger partial charge in [-0.3, -0.25) is 5.32 Å². The molecule has 96 valence electrons. The molecule has 7 heteroatoms. The molecule has 0 fully saturated rings. The van der Waals surface area contributed by atoms with Gasteiger partial charge in [0.15, 0.2) is 5.11 Å². The Morgan fingerprint density at radius 1 is 1.11 bits per heavy atom. The molecule has 1 rings (SSSR count).